The summed E-state index contributed by atoms with van der Waals surface area (Å²) in [6.45, 7) is 0.0788. The van der Waals surface area contributed by atoms with Crippen LogP contribution in [0.25, 0.3) is 0 Å². The molecule has 0 saturated heterocycles. The maximum Gasteiger partial charge on any atom is 0.274 e. The topological polar surface area (TPSA) is 61.9 Å². The van der Waals surface area contributed by atoms with Crippen LogP contribution in [0.2, 0.25) is 0 Å². The Labute approximate surface area is 76.2 Å². The molecule has 68 valence electrons. The van der Waals surface area contributed by atoms with Gasteiger partial charge in [-0.15, -0.1) is 0 Å². The summed E-state index contributed by atoms with van der Waals surface area (Å²) in [6, 6.07) is 3.52. The predicted molar refractivity (Wildman–Crippen MR) is 45.8 cm³/mol. The lowest BCUT2D eigenvalue weighted by molar-refractivity contribution is 0.0805. The highest BCUT2D eigenvalue weighted by Gasteiger charge is 2.13. The normalized spacial score (nSPS) is 9.31. The van der Waals surface area contributed by atoms with E-state index in [0.29, 0.717) is 5.69 Å². The van der Waals surface area contributed by atoms with Crippen molar-refractivity contribution in [2.75, 3.05) is 13.6 Å². The number of hydrogen-bond acceptors (Lipinski definition) is 3. The van der Waals surface area contributed by atoms with Gasteiger partial charge in [-0.05, 0) is 6.07 Å². The average Bonchev–Trinajstić information content (AvgIpc) is 2.51. The summed E-state index contributed by atoms with van der Waals surface area (Å²) in [6.07, 6.45) is 1.69. The molecule has 0 bridgehead atoms. The first-order chi connectivity index (χ1) is 6.15. The number of aryl methyl sites for hydroxylation is 1. The monoisotopic (exact) mass is 178 g/mol. The van der Waals surface area contributed by atoms with Gasteiger partial charge < -0.3 is 4.90 Å². The van der Waals surface area contributed by atoms with Crippen LogP contribution in [0.15, 0.2) is 12.3 Å². The highest BCUT2D eigenvalue weighted by atomic mass is 16.2. The number of rotatable bonds is 2. The van der Waals surface area contributed by atoms with Gasteiger partial charge in [-0.1, -0.05) is 0 Å². The molecule has 0 aliphatic rings. The largest absolute Gasteiger partial charge is 0.327 e. The molecule has 0 radical (unpaired) electrons. The van der Waals surface area contributed by atoms with Gasteiger partial charge in [-0.25, -0.2) is 0 Å². The molecule has 0 aliphatic carbocycles. The Morgan fingerprint density at radius 3 is 3.00 bits per heavy atom. The van der Waals surface area contributed by atoms with Crippen molar-refractivity contribution in [2.45, 2.75) is 0 Å². The van der Waals surface area contributed by atoms with Crippen molar-refractivity contribution in [1.29, 1.82) is 5.26 Å². The Morgan fingerprint density at radius 2 is 2.54 bits per heavy atom. The average molecular weight is 178 g/mol. The second-order valence-electron chi connectivity index (χ2n) is 2.69. The van der Waals surface area contributed by atoms with Crippen molar-refractivity contribution in [3.8, 4) is 6.07 Å². The van der Waals surface area contributed by atoms with E-state index in [1.807, 2.05) is 6.07 Å². The van der Waals surface area contributed by atoms with Gasteiger partial charge in [-0.2, -0.15) is 10.4 Å². The molecule has 1 amide bonds. The van der Waals surface area contributed by atoms with Gasteiger partial charge in [-0.3, -0.25) is 9.48 Å². The van der Waals surface area contributed by atoms with Gasteiger partial charge in [0, 0.05) is 20.3 Å². The summed E-state index contributed by atoms with van der Waals surface area (Å²) in [7, 11) is 3.31. The van der Waals surface area contributed by atoms with Gasteiger partial charge >= 0.3 is 0 Å². The van der Waals surface area contributed by atoms with Crippen molar-refractivity contribution in [3.63, 3.8) is 0 Å². The van der Waals surface area contributed by atoms with E-state index < -0.39 is 0 Å². The molecule has 1 aromatic rings. The molecule has 1 aromatic heterocycles. The maximum absolute atomic E-state index is 11.4. The maximum atomic E-state index is 11.4. The number of carbonyl (C=O) groups excluding carboxylic acids is 1. The van der Waals surface area contributed by atoms with Gasteiger partial charge in [0.15, 0.2) is 0 Å². The lowest BCUT2D eigenvalue weighted by Gasteiger charge is -2.09. The van der Waals surface area contributed by atoms with Crippen LogP contribution in [-0.2, 0) is 7.05 Å². The minimum absolute atomic E-state index is 0.0788. The van der Waals surface area contributed by atoms with Crippen LogP contribution in [0.3, 0.4) is 0 Å². The molecule has 0 spiro atoms. The molecule has 0 N–H and O–H groups in total. The third kappa shape index (κ3) is 2.06. The van der Waals surface area contributed by atoms with Crippen LogP contribution in [0.4, 0.5) is 0 Å². The third-order valence-corrected chi connectivity index (χ3v) is 1.59. The summed E-state index contributed by atoms with van der Waals surface area (Å²) in [5.41, 5.74) is 0.361. The molecule has 0 saturated carbocycles. The highest BCUT2D eigenvalue weighted by molar-refractivity contribution is 5.92. The lowest BCUT2D eigenvalue weighted by Crippen LogP contribution is -2.27. The standard InChI is InChI=1S/C8H10N4O/c1-11(6-4-9)8(13)7-3-5-12(2)10-7/h3,5H,6H2,1-2H3. The van der Waals surface area contributed by atoms with E-state index in [1.165, 1.54) is 4.90 Å². The molecule has 0 fully saturated rings. The Hall–Kier alpha value is -1.83. The fourth-order valence-electron chi connectivity index (χ4n) is 0.903. The zero-order valence-electron chi connectivity index (χ0n) is 7.56. The molecule has 0 unspecified atom stereocenters. The van der Waals surface area contributed by atoms with Gasteiger partial charge in [0.05, 0.1) is 6.07 Å². The van der Waals surface area contributed by atoms with Crippen LogP contribution in [0, 0.1) is 11.3 Å². The van der Waals surface area contributed by atoms with E-state index in [-0.39, 0.29) is 12.5 Å². The Balaban J connectivity index is 2.74. The van der Waals surface area contributed by atoms with Gasteiger partial charge in [0.1, 0.15) is 12.2 Å². The molecule has 1 heterocycles. The second-order valence-corrected chi connectivity index (χ2v) is 2.69. The molecule has 5 heteroatoms. The fraction of sp³-hybridized carbons (Fsp3) is 0.375. The van der Waals surface area contributed by atoms with E-state index in [9.17, 15) is 4.79 Å². The van der Waals surface area contributed by atoms with E-state index in [2.05, 4.69) is 5.10 Å². The summed E-state index contributed by atoms with van der Waals surface area (Å²) >= 11 is 0. The van der Waals surface area contributed by atoms with Crippen molar-refractivity contribution < 1.29 is 4.79 Å². The number of aromatic nitrogens is 2. The van der Waals surface area contributed by atoms with Gasteiger partial charge in [0.25, 0.3) is 5.91 Å². The van der Waals surface area contributed by atoms with E-state index in [1.54, 1.807) is 31.0 Å². The number of carbonyl (C=O) groups is 1. The third-order valence-electron chi connectivity index (χ3n) is 1.59. The first-order valence-electron chi connectivity index (χ1n) is 3.77. The van der Waals surface area contributed by atoms with Crippen LogP contribution >= 0.6 is 0 Å². The van der Waals surface area contributed by atoms with Gasteiger partial charge in [0.2, 0.25) is 0 Å². The second kappa shape index (κ2) is 3.72. The first-order valence-corrected chi connectivity index (χ1v) is 3.77. The molecule has 13 heavy (non-hydrogen) atoms. The summed E-state index contributed by atoms with van der Waals surface area (Å²) in [5.74, 6) is -0.234. The van der Waals surface area contributed by atoms with Crippen LogP contribution in [-0.4, -0.2) is 34.2 Å². The summed E-state index contributed by atoms with van der Waals surface area (Å²) in [4.78, 5) is 12.8. The minimum Gasteiger partial charge on any atom is -0.327 e. The molecule has 5 nitrogen and oxygen atoms in total. The predicted octanol–water partition coefficient (Wildman–Crippen LogP) is 0.0157. The molecule has 0 aromatic carbocycles. The number of nitriles is 1. The first kappa shape index (κ1) is 9.26. The van der Waals surface area contributed by atoms with Crippen LogP contribution in [0.5, 0.6) is 0 Å². The SMILES string of the molecule is CN(CC#N)C(=O)c1ccn(C)n1. The minimum atomic E-state index is -0.234. The number of nitrogens with zero attached hydrogens (tertiary/aromatic N) is 4. The van der Waals surface area contributed by atoms with Crippen LogP contribution in [0.1, 0.15) is 10.5 Å². The Kier molecular flexibility index (Phi) is 2.65. The van der Waals surface area contributed by atoms with Crippen molar-refractivity contribution in [3.05, 3.63) is 18.0 Å². The van der Waals surface area contributed by atoms with Crippen molar-refractivity contribution >= 4 is 5.91 Å². The Bertz CT molecular complexity index is 349. The van der Waals surface area contributed by atoms with E-state index in [0.717, 1.165) is 0 Å². The summed E-state index contributed by atoms with van der Waals surface area (Å²) < 4.78 is 1.55. The molecular weight excluding hydrogens is 168 g/mol. The molecule has 1 rings (SSSR count). The zero-order chi connectivity index (χ0) is 9.84. The van der Waals surface area contributed by atoms with Crippen molar-refractivity contribution in [1.82, 2.24) is 14.7 Å². The number of amides is 1. The Morgan fingerprint density at radius 1 is 1.85 bits per heavy atom. The quantitative estimate of drug-likeness (QED) is 0.599. The molecular formula is C8H10N4O. The van der Waals surface area contributed by atoms with E-state index in [4.69, 9.17) is 5.26 Å². The van der Waals surface area contributed by atoms with E-state index >= 15 is 0 Å². The zero-order valence-corrected chi connectivity index (χ0v) is 7.56. The molecule has 0 aliphatic heterocycles. The number of hydrogen-bond donors (Lipinski definition) is 0. The van der Waals surface area contributed by atoms with Crippen molar-refractivity contribution in [2.24, 2.45) is 7.05 Å². The molecule has 0 atom stereocenters. The van der Waals surface area contributed by atoms with Crippen LogP contribution < -0.4 is 0 Å². The fourth-order valence-corrected chi connectivity index (χ4v) is 0.903. The smallest absolute Gasteiger partial charge is 0.274 e. The highest BCUT2D eigenvalue weighted by Crippen LogP contribution is 1.98. The summed E-state index contributed by atoms with van der Waals surface area (Å²) in [5, 5.41) is 12.3. The lowest BCUT2D eigenvalue weighted by atomic mass is 10.4.